The van der Waals surface area contributed by atoms with E-state index in [2.05, 4.69) is 0 Å². The van der Waals surface area contributed by atoms with E-state index < -0.39 is 11.8 Å². The van der Waals surface area contributed by atoms with Crippen molar-refractivity contribution in [2.24, 2.45) is 5.92 Å². The minimum atomic E-state index is -0.774. The summed E-state index contributed by atoms with van der Waals surface area (Å²) in [6, 6.07) is 6.12. The minimum absolute atomic E-state index is 0.317. The SMILES string of the molecule is N#Cc1cc(F)ccc1CN1CCCC(C(=O)O)C1. The summed E-state index contributed by atoms with van der Waals surface area (Å²) in [7, 11) is 0. The van der Waals surface area contributed by atoms with Crippen molar-refractivity contribution in [1.29, 1.82) is 5.26 Å². The molecule has 1 aromatic carbocycles. The largest absolute Gasteiger partial charge is 0.481 e. The first-order valence-corrected chi connectivity index (χ1v) is 6.24. The smallest absolute Gasteiger partial charge is 0.307 e. The summed E-state index contributed by atoms with van der Waals surface area (Å²) in [4.78, 5) is 13.0. The average molecular weight is 262 g/mol. The first-order valence-electron chi connectivity index (χ1n) is 6.24. The van der Waals surface area contributed by atoms with Crippen LogP contribution in [0.25, 0.3) is 0 Å². The molecule has 0 spiro atoms. The van der Waals surface area contributed by atoms with Gasteiger partial charge in [-0.2, -0.15) is 5.26 Å². The highest BCUT2D eigenvalue weighted by Crippen LogP contribution is 2.20. The molecule has 1 heterocycles. The molecule has 0 radical (unpaired) electrons. The van der Waals surface area contributed by atoms with Crippen LogP contribution in [0.3, 0.4) is 0 Å². The topological polar surface area (TPSA) is 64.3 Å². The Morgan fingerprint density at radius 3 is 3.05 bits per heavy atom. The van der Waals surface area contributed by atoms with Crippen molar-refractivity contribution < 1.29 is 14.3 Å². The lowest BCUT2D eigenvalue weighted by atomic mass is 9.97. The van der Waals surface area contributed by atoms with Crippen LogP contribution in [0, 0.1) is 23.1 Å². The number of piperidine rings is 1. The van der Waals surface area contributed by atoms with Gasteiger partial charge in [0.05, 0.1) is 17.6 Å². The Bertz CT molecular complexity index is 525. The van der Waals surface area contributed by atoms with E-state index in [4.69, 9.17) is 10.4 Å². The zero-order valence-electron chi connectivity index (χ0n) is 10.5. The minimum Gasteiger partial charge on any atom is -0.481 e. The maximum atomic E-state index is 13.0. The van der Waals surface area contributed by atoms with Crippen molar-refractivity contribution in [3.05, 3.63) is 35.1 Å². The summed E-state index contributed by atoms with van der Waals surface area (Å²) in [5.41, 5.74) is 1.06. The molecule has 0 saturated carbocycles. The number of nitriles is 1. The number of carbonyl (C=O) groups is 1. The van der Waals surface area contributed by atoms with Gasteiger partial charge in [0.25, 0.3) is 0 Å². The number of rotatable bonds is 3. The summed E-state index contributed by atoms with van der Waals surface area (Å²) < 4.78 is 13.0. The predicted octanol–water partition coefficient (Wildman–Crippen LogP) is 1.99. The molecule has 0 aliphatic carbocycles. The third-order valence-corrected chi connectivity index (χ3v) is 3.44. The van der Waals surface area contributed by atoms with Crippen molar-refractivity contribution >= 4 is 5.97 Å². The molecule has 0 aromatic heterocycles. The van der Waals surface area contributed by atoms with Crippen LogP contribution in [0.4, 0.5) is 4.39 Å². The summed E-state index contributed by atoms with van der Waals surface area (Å²) in [5, 5.41) is 18.0. The molecule has 1 aliphatic heterocycles. The quantitative estimate of drug-likeness (QED) is 0.904. The van der Waals surface area contributed by atoms with Gasteiger partial charge >= 0.3 is 5.97 Å². The third kappa shape index (κ3) is 3.30. The standard InChI is InChI=1S/C14H15FN2O2/c15-13-4-3-10(12(6-13)7-16)8-17-5-1-2-11(9-17)14(18)19/h3-4,6,11H,1-2,5,8-9H2,(H,18,19). The van der Waals surface area contributed by atoms with Crippen LogP contribution in [-0.4, -0.2) is 29.1 Å². The lowest BCUT2D eigenvalue weighted by Crippen LogP contribution is -2.38. The molecule has 1 atom stereocenters. The molecular weight excluding hydrogens is 247 g/mol. The van der Waals surface area contributed by atoms with Gasteiger partial charge in [-0.05, 0) is 37.1 Å². The van der Waals surface area contributed by atoms with Crippen molar-refractivity contribution in [2.75, 3.05) is 13.1 Å². The van der Waals surface area contributed by atoms with Gasteiger partial charge in [-0.1, -0.05) is 6.07 Å². The van der Waals surface area contributed by atoms with E-state index in [1.807, 2.05) is 11.0 Å². The molecule has 0 bridgehead atoms. The van der Waals surface area contributed by atoms with Gasteiger partial charge in [-0.15, -0.1) is 0 Å². The van der Waals surface area contributed by atoms with Crippen LogP contribution in [-0.2, 0) is 11.3 Å². The molecule has 0 amide bonds. The molecule has 2 rings (SSSR count). The van der Waals surface area contributed by atoms with Gasteiger partial charge in [0.15, 0.2) is 0 Å². The highest BCUT2D eigenvalue weighted by atomic mass is 19.1. The van der Waals surface area contributed by atoms with Gasteiger partial charge < -0.3 is 5.11 Å². The first-order chi connectivity index (χ1) is 9.10. The lowest BCUT2D eigenvalue weighted by molar-refractivity contribution is -0.143. The highest BCUT2D eigenvalue weighted by molar-refractivity contribution is 5.70. The van der Waals surface area contributed by atoms with Crippen LogP contribution in [0.5, 0.6) is 0 Å². The number of aliphatic carboxylic acids is 1. The summed E-state index contributed by atoms with van der Waals surface area (Å²) in [6.07, 6.45) is 1.53. The zero-order chi connectivity index (χ0) is 13.8. The molecule has 100 valence electrons. The average Bonchev–Trinajstić information content (AvgIpc) is 2.41. The number of hydrogen-bond donors (Lipinski definition) is 1. The number of benzene rings is 1. The second-order valence-corrected chi connectivity index (χ2v) is 4.83. The van der Waals surface area contributed by atoms with Gasteiger partial charge in [0, 0.05) is 13.1 Å². The van der Waals surface area contributed by atoms with E-state index >= 15 is 0 Å². The Morgan fingerprint density at radius 1 is 1.58 bits per heavy atom. The Kier molecular flexibility index (Phi) is 4.13. The van der Waals surface area contributed by atoms with Crippen molar-refractivity contribution in [2.45, 2.75) is 19.4 Å². The first kappa shape index (κ1) is 13.5. The van der Waals surface area contributed by atoms with E-state index in [0.717, 1.165) is 18.5 Å². The fourth-order valence-corrected chi connectivity index (χ4v) is 2.43. The van der Waals surface area contributed by atoms with Crippen LogP contribution in [0.15, 0.2) is 18.2 Å². The second-order valence-electron chi connectivity index (χ2n) is 4.83. The van der Waals surface area contributed by atoms with Gasteiger partial charge in [0.2, 0.25) is 0 Å². The molecule has 1 aromatic rings. The Morgan fingerprint density at radius 2 is 2.37 bits per heavy atom. The number of carboxylic acid groups (broad SMARTS) is 1. The molecule has 1 aliphatic rings. The van der Waals surface area contributed by atoms with Crippen LogP contribution in [0.2, 0.25) is 0 Å². The lowest BCUT2D eigenvalue weighted by Gasteiger charge is -2.30. The fraction of sp³-hybridized carbons (Fsp3) is 0.429. The zero-order valence-corrected chi connectivity index (χ0v) is 10.5. The van der Waals surface area contributed by atoms with E-state index in [0.29, 0.717) is 25.1 Å². The van der Waals surface area contributed by atoms with E-state index in [9.17, 15) is 9.18 Å². The maximum absolute atomic E-state index is 13.0. The monoisotopic (exact) mass is 262 g/mol. The molecule has 1 fully saturated rings. The molecule has 1 saturated heterocycles. The van der Waals surface area contributed by atoms with Crippen LogP contribution in [0.1, 0.15) is 24.0 Å². The molecular formula is C14H15FN2O2. The summed E-state index contributed by atoms with van der Waals surface area (Å²) in [5.74, 6) is -1.55. The normalized spacial score (nSPS) is 19.9. The predicted molar refractivity (Wildman–Crippen MR) is 66.8 cm³/mol. The van der Waals surface area contributed by atoms with E-state index in [-0.39, 0.29) is 5.92 Å². The summed E-state index contributed by atoms with van der Waals surface area (Å²) in [6.45, 7) is 1.79. The number of carboxylic acids is 1. The maximum Gasteiger partial charge on any atom is 0.307 e. The second kappa shape index (κ2) is 5.81. The van der Waals surface area contributed by atoms with Gasteiger partial charge in [-0.25, -0.2) is 4.39 Å². The van der Waals surface area contributed by atoms with Crippen molar-refractivity contribution in [3.8, 4) is 6.07 Å². The van der Waals surface area contributed by atoms with Gasteiger partial charge in [0.1, 0.15) is 5.82 Å². The van der Waals surface area contributed by atoms with Crippen LogP contribution < -0.4 is 0 Å². The van der Waals surface area contributed by atoms with Crippen molar-refractivity contribution in [3.63, 3.8) is 0 Å². The van der Waals surface area contributed by atoms with E-state index in [1.54, 1.807) is 6.07 Å². The number of nitrogens with zero attached hydrogens (tertiary/aromatic N) is 2. The molecule has 1 N–H and O–H groups in total. The molecule has 19 heavy (non-hydrogen) atoms. The van der Waals surface area contributed by atoms with Gasteiger partial charge in [-0.3, -0.25) is 9.69 Å². The Balaban J connectivity index is 2.09. The van der Waals surface area contributed by atoms with E-state index in [1.165, 1.54) is 12.1 Å². The Hall–Kier alpha value is -1.93. The molecule has 4 nitrogen and oxygen atoms in total. The molecule has 5 heteroatoms. The summed E-state index contributed by atoms with van der Waals surface area (Å²) >= 11 is 0. The molecule has 1 unspecified atom stereocenters. The number of halogens is 1. The number of likely N-dealkylation sites (tertiary alicyclic amines) is 1. The third-order valence-electron chi connectivity index (χ3n) is 3.44. The fourth-order valence-electron chi connectivity index (χ4n) is 2.43. The van der Waals surface area contributed by atoms with Crippen LogP contribution >= 0.6 is 0 Å². The highest BCUT2D eigenvalue weighted by Gasteiger charge is 2.25. The Labute approximate surface area is 111 Å². The van der Waals surface area contributed by atoms with Crippen molar-refractivity contribution in [1.82, 2.24) is 4.90 Å². The number of hydrogen-bond acceptors (Lipinski definition) is 3.